The number of nitrogens with one attached hydrogen (secondary N) is 2. The Bertz CT molecular complexity index is 763. The molecule has 6 heteroatoms. The number of nitrogens with zero attached hydrogens (tertiary/aromatic N) is 2. The van der Waals surface area contributed by atoms with Gasteiger partial charge in [0.05, 0.1) is 11.0 Å². The summed E-state index contributed by atoms with van der Waals surface area (Å²) in [4.78, 5) is 27.9. The molecule has 1 aromatic carbocycles. The third kappa shape index (κ3) is 3.06. The van der Waals surface area contributed by atoms with Crippen LogP contribution in [-0.2, 0) is 23.2 Å². The van der Waals surface area contributed by atoms with Crippen molar-refractivity contribution in [3.8, 4) is 0 Å². The fraction of sp³-hybridized carbons (Fsp3) is 0.471. The Hall–Kier alpha value is -2.37. The van der Waals surface area contributed by atoms with Gasteiger partial charge in [-0.15, -0.1) is 0 Å². The lowest BCUT2D eigenvalue weighted by atomic mass is 10.2. The van der Waals surface area contributed by atoms with Crippen LogP contribution in [0.5, 0.6) is 0 Å². The van der Waals surface area contributed by atoms with Crippen molar-refractivity contribution in [3.63, 3.8) is 0 Å². The van der Waals surface area contributed by atoms with Gasteiger partial charge in [-0.05, 0) is 24.1 Å². The third-order valence-corrected chi connectivity index (χ3v) is 4.27. The zero-order chi connectivity index (χ0) is 16.6. The predicted octanol–water partition coefficient (Wildman–Crippen LogP) is 1.59. The molecule has 23 heavy (non-hydrogen) atoms. The number of carbonyl (C=O) groups is 2. The van der Waals surface area contributed by atoms with Gasteiger partial charge in [0.15, 0.2) is 0 Å². The maximum absolute atomic E-state index is 12.0. The Balaban J connectivity index is 1.71. The standard InChI is InChI=1S/C17H22N4O2/c1-10(2)16-20-13-8-11(4-6-14(13)21(16)3)9-18-17(23)12-5-7-15(22)19-12/h4,6,8,10,12H,5,7,9H2,1-3H3,(H,18,23)(H,19,22). The maximum Gasteiger partial charge on any atom is 0.242 e. The predicted molar refractivity (Wildman–Crippen MR) is 87.8 cm³/mol. The average molecular weight is 314 g/mol. The van der Waals surface area contributed by atoms with Gasteiger partial charge >= 0.3 is 0 Å². The van der Waals surface area contributed by atoms with Crippen LogP contribution in [0.1, 0.15) is 44.0 Å². The third-order valence-electron chi connectivity index (χ3n) is 4.27. The van der Waals surface area contributed by atoms with Gasteiger partial charge in [0.2, 0.25) is 11.8 Å². The van der Waals surface area contributed by atoms with Crippen molar-refractivity contribution in [3.05, 3.63) is 29.6 Å². The summed E-state index contributed by atoms with van der Waals surface area (Å²) in [6.45, 7) is 4.69. The van der Waals surface area contributed by atoms with Crippen molar-refractivity contribution in [2.24, 2.45) is 7.05 Å². The molecule has 0 bridgehead atoms. The number of hydrogen-bond donors (Lipinski definition) is 2. The van der Waals surface area contributed by atoms with E-state index in [1.807, 2.05) is 25.2 Å². The zero-order valence-corrected chi connectivity index (χ0v) is 13.7. The van der Waals surface area contributed by atoms with Crippen molar-refractivity contribution in [2.45, 2.75) is 45.2 Å². The van der Waals surface area contributed by atoms with E-state index in [0.29, 0.717) is 25.3 Å². The minimum absolute atomic E-state index is 0.0544. The van der Waals surface area contributed by atoms with Crippen LogP contribution in [-0.4, -0.2) is 27.4 Å². The van der Waals surface area contributed by atoms with E-state index in [4.69, 9.17) is 0 Å². The smallest absolute Gasteiger partial charge is 0.242 e. The van der Waals surface area contributed by atoms with Crippen LogP contribution in [0.4, 0.5) is 0 Å². The molecule has 0 saturated carbocycles. The van der Waals surface area contributed by atoms with Gasteiger partial charge in [-0.2, -0.15) is 0 Å². The second-order valence-electron chi connectivity index (χ2n) is 6.38. The molecule has 1 atom stereocenters. The lowest BCUT2D eigenvalue weighted by Crippen LogP contribution is -2.41. The summed E-state index contributed by atoms with van der Waals surface area (Å²) in [5, 5.41) is 5.56. The first-order valence-electron chi connectivity index (χ1n) is 7.98. The highest BCUT2D eigenvalue weighted by Crippen LogP contribution is 2.21. The van der Waals surface area contributed by atoms with Crippen LogP contribution in [0.3, 0.4) is 0 Å². The Kier molecular flexibility index (Phi) is 4.07. The zero-order valence-electron chi connectivity index (χ0n) is 13.7. The van der Waals surface area contributed by atoms with E-state index in [0.717, 1.165) is 22.4 Å². The Morgan fingerprint density at radius 2 is 2.26 bits per heavy atom. The number of carbonyl (C=O) groups excluding carboxylic acids is 2. The molecule has 1 aromatic heterocycles. The molecule has 2 amide bonds. The van der Waals surface area contributed by atoms with Crippen LogP contribution in [0, 0.1) is 0 Å². The van der Waals surface area contributed by atoms with Crippen molar-refractivity contribution in [1.29, 1.82) is 0 Å². The molecule has 1 fully saturated rings. The number of hydrogen-bond acceptors (Lipinski definition) is 3. The molecule has 2 aromatic rings. The van der Waals surface area contributed by atoms with Gasteiger partial charge in [-0.25, -0.2) is 4.98 Å². The number of aryl methyl sites for hydroxylation is 1. The molecule has 2 N–H and O–H groups in total. The summed E-state index contributed by atoms with van der Waals surface area (Å²) in [5.41, 5.74) is 3.03. The molecule has 0 aliphatic carbocycles. The second-order valence-corrected chi connectivity index (χ2v) is 6.38. The Morgan fingerprint density at radius 1 is 1.48 bits per heavy atom. The van der Waals surface area contributed by atoms with E-state index in [1.165, 1.54) is 0 Å². The van der Waals surface area contributed by atoms with Gasteiger partial charge < -0.3 is 15.2 Å². The first kappa shape index (κ1) is 15.5. The van der Waals surface area contributed by atoms with E-state index in [1.54, 1.807) is 0 Å². The minimum Gasteiger partial charge on any atom is -0.350 e. The lowest BCUT2D eigenvalue weighted by molar-refractivity contribution is -0.125. The van der Waals surface area contributed by atoms with E-state index in [2.05, 4.69) is 34.0 Å². The van der Waals surface area contributed by atoms with Gasteiger partial charge in [0.25, 0.3) is 0 Å². The topological polar surface area (TPSA) is 76.0 Å². The van der Waals surface area contributed by atoms with Gasteiger partial charge in [0.1, 0.15) is 11.9 Å². The normalized spacial score (nSPS) is 17.7. The molecule has 0 spiro atoms. The number of benzene rings is 1. The van der Waals surface area contributed by atoms with Crippen LogP contribution < -0.4 is 10.6 Å². The molecule has 1 aliphatic heterocycles. The molecule has 1 aliphatic rings. The molecule has 1 saturated heterocycles. The van der Waals surface area contributed by atoms with E-state index in [-0.39, 0.29) is 11.8 Å². The van der Waals surface area contributed by atoms with Crippen molar-refractivity contribution < 1.29 is 9.59 Å². The van der Waals surface area contributed by atoms with Crippen LogP contribution >= 0.6 is 0 Å². The summed E-state index contributed by atoms with van der Waals surface area (Å²) in [5.74, 6) is 1.23. The van der Waals surface area contributed by atoms with Gasteiger partial charge in [0, 0.05) is 25.9 Å². The minimum atomic E-state index is -0.395. The maximum atomic E-state index is 12.0. The molecule has 3 rings (SSSR count). The van der Waals surface area contributed by atoms with Crippen LogP contribution in [0.2, 0.25) is 0 Å². The van der Waals surface area contributed by atoms with Crippen molar-refractivity contribution in [1.82, 2.24) is 20.2 Å². The average Bonchev–Trinajstić information content (AvgIpc) is 3.09. The number of fused-ring (bicyclic) bond motifs is 1. The molecule has 2 heterocycles. The largest absolute Gasteiger partial charge is 0.350 e. The molecule has 1 unspecified atom stereocenters. The quantitative estimate of drug-likeness (QED) is 0.900. The fourth-order valence-corrected chi connectivity index (χ4v) is 3.01. The first-order valence-corrected chi connectivity index (χ1v) is 7.98. The highest BCUT2D eigenvalue weighted by molar-refractivity contribution is 5.90. The van der Waals surface area contributed by atoms with Crippen molar-refractivity contribution in [2.75, 3.05) is 0 Å². The first-order chi connectivity index (χ1) is 11.0. The number of rotatable bonds is 4. The lowest BCUT2D eigenvalue weighted by Gasteiger charge is -2.11. The number of aromatic nitrogens is 2. The second kappa shape index (κ2) is 6.02. The molecule has 122 valence electrons. The van der Waals surface area contributed by atoms with E-state index >= 15 is 0 Å². The SMILES string of the molecule is CC(C)c1nc2cc(CNC(=O)C3CCC(=O)N3)ccc2n1C. The number of amides is 2. The monoisotopic (exact) mass is 314 g/mol. The van der Waals surface area contributed by atoms with Crippen LogP contribution in [0.15, 0.2) is 18.2 Å². The molecular formula is C17H22N4O2. The Labute approximate surface area is 135 Å². The highest BCUT2D eigenvalue weighted by atomic mass is 16.2. The summed E-state index contributed by atoms with van der Waals surface area (Å²) in [7, 11) is 2.02. The Morgan fingerprint density at radius 3 is 2.91 bits per heavy atom. The van der Waals surface area contributed by atoms with Crippen LogP contribution in [0.25, 0.3) is 11.0 Å². The van der Waals surface area contributed by atoms with Gasteiger partial charge in [-0.1, -0.05) is 19.9 Å². The van der Waals surface area contributed by atoms with Gasteiger partial charge in [-0.3, -0.25) is 9.59 Å². The summed E-state index contributed by atoms with van der Waals surface area (Å²) < 4.78 is 2.11. The molecule has 0 radical (unpaired) electrons. The van der Waals surface area contributed by atoms with E-state index in [9.17, 15) is 9.59 Å². The van der Waals surface area contributed by atoms with Crippen molar-refractivity contribution >= 4 is 22.8 Å². The summed E-state index contributed by atoms with van der Waals surface area (Å²) in [6.07, 6.45) is 0.998. The van der Waals surface area contributed by atoms with E-state index < -0.39 is 6.04 Å². The highest BCUT2D eigenvalue weighted by Gasteiger charge is 2.26. The molecule has 6 nitrogen and oxygen atoms in total. The number of imidazole rings is 1. The fourth-order valence-electron chi connectivity index (χ4n) is 3.01. The summed E-state index contributed by atoms with van der Waals surface area (Å²) >= 11 is 0. The summed E-state index contributed by atoms with van der Waals surface area (Å²) in [6, 6.07) is 5.65. The molecular weight excluding hydrogens is 292 g/mol.